The summed E-state index contributed by atoms with van der Waals surface area (Å²) in [6, 6.07) is 10.3. The fourth-order valence-electron chi connectivity index (χ4n) is 4.74. The van der Waals surface area contributed by atoms with Crippen LogP contribution in [0.4, 0.5) is 5.82 Å². The molecule has 2 aliphatic rings. The van der Waals surface area contributed by atoms with Crippen LogP contribution < -0.4 is 4.90 Å². The lowest BCUT2D eigenvalue weighted by Gasteiger charge is -2.49. The van der Waals surface area contributed by atoms with Gasteiger partial charge in [-0.05, 0) is 37.9 Å². The van der Waals surface area contributed by atoms with Gasteiger partial charge in [-0.25, -0.2) is 4.98 Å². The van der Waals surface area contributed by atoms with Gasteiger partial charge in [-0.15, -0.1) is 0 Å². The van der Waals surface area contributed by atoms with Gasteiger partial charge in [0, 0.05) is 25.5 Å². The number of nitrogens with zero attached hydrogens (tertiary/aromatic N) is 5. The highest BCUT2D eigenvalue weighted by molar-refractivity contribution is 5.49. The van der Waals surface area contributed by atoms with E-state index in [1.165, 1.54) is 12.8 Å². The largest absolute Gasteiger partial charge is 0.383 e. The average molecular weight is 363 g/mol. The van der Waals surface area contributed by atoms with Crippen LogP contribution in [0.3, 0.4) is 0 Å². The molecule has 140 valence electrons. The lowest BCUT2D eigenvalue weighted by Crippen LogP contribution is -2.60. The third kappa shape index (κ3) is 2.80. The Morgan fingerprint density at radius 1 is 1.04 bits per heavy atom. The first kappa shape index (κ1) is 16.7. The second kappa shape index (κ2) is 6.62. The first-order valence-electron chi connectivity index (χ1n) is 9.80. The molecule has 5 rings (SSSR count). The summed E-state index contributed by atoms with van der Waals surface area (Å²) < 4.78 is 2.08. The van der Waals surface area contributed by atoms with Crippen LogP contribution in [0.2, 0.25) is 0 Å². The van der Waals surface area contributed by atoms with Crippen molar-refractivity contribution in [3.05, 3.63) is 60.7 Å². The Morgan fingerprint density at radius 2 is 1.85 bits per heavy atom. The van der Waals surface area contributed by atoms with Gasteiger partial charge in [0.2, 0.25) is 0 Å². The molecule has 0 aliphatic carbocycles. The summed E-state index contributed by atoms with van der Waals surface area (Å²) in [6.45, 7) is 3.68. The van der Waals surface area contributed by atoms with Crippen molar-refractivity contribution in [1.82, 2.24) is 19.3 Å². The van der Waals surface area contributed by atoms with Crippen molar-refractivity contribution in [3.63, 3.8) is 0 Å². The molecule has 2 aromatic heterocycles. The second-order valence-corrected chi connectivity index (χ2v) is 7.67. The highest BCUT2D eigenvalue weighted by atomic mass is 16.3. The van der Waals surface area contributed by atoms with Crippen LogP contribution in [0.1, 0.15) is 24.8 Å². The number of fused-ring (bicyclic) bond motifs is 1. The number of benzene rings is 1. The molecule has 3 aromatic rings. The van der Waals surface area contributed by atoms with E-state index in [-0.39, 0.29) is 6.04 Å². The normalized spacial score (nSPS) is 26.7. The Hall–Kier alpha value is -2.44. The molecule has 1 aromatic carbocycles. The van der Waals surface area contributed by atoms with Gasteiger partial charge < -0.3 is 10.0 Å². The van der Waals surface area contributed by atoms with Gasteiger partial charge in [0.25, 0.3) is 0 Å². The van der Waals surface area contributed by atoms with E-state index in [2.05, 4.69) is 36.3 Å². The molecule has 27 heavy (non-hydrogen) atoms. The minimum atomic E-state index is -0.821. The molecule has 0 amide bonds. The SMILES string of the molecule is O[C@]1(c2ccccc2)CCN(c2cncc3nccn23)C[C@H]1N1CCCC1. The lowest BCUT2D eigenvalue weighted by molar-refractivity contribution is -0.0603. The Kier molecular flexibility index (Phi) is 4.10. The number of rotatable bonds is 3. The molecule has 4 heterocycles. The van der Waals surface area contributed by atoms with Crippen LogP contribution in [-0.2, 0) is 5.60 Å². The zero-order valence-electron chi connectivity index (χ0n) is 15.4. The van der Waals surface area contributed by atoms with Gasteiger partial charge in [0.15, 0.2) is 5.65 Å². The Bertz CT molecular complexity index is 920. The van der Waals surface area contributed by atoms with Crippen molar-refractivity contribution in [1.29, 1.82) is 0 Å². The third-order valence-electron chi connectivity index (χ3n) is 6.18. The summed E-state index contributed by atoms with van der Waals surface area (Å²) in [5, 5.41) is 11.8. The highest BCUT2D eigenvalue weighted by Crippen LogP contribution is 2.38. The van der Waals surface area contributed by atoms with Crippen LogP contribution >= 0.6 is 0 Å². The van der Waals surface area contributed by atoms with E-state index < -0.39 is 5.60 Å². The van der Waals surface area contributed by atoms with Crippen LogP contribution in [0, 0.1) is 0 Å². The van der Waals surface area contributed by atoms with E-state index in [1.807, 2.05) is 36.8 Å². The van der Waals surface area contributed by atoms with Crippen molar-refractivity contribution in [2.24, 2.45) is 0 Å². The predicted molar refractivity (Wildman–Crippen MR) is 105 cm³/mol. The monoisotopic (exact) mass is 363 g/mol. The van der Waals surface area contributed by atoms with Crippen LogP contribution in [-0.4, -0.2) is 56.6 Å². The van der Waals surface area contributed by atoms with Crippen LogP contribution in [0.5, 0.6) is 0 Å². The van der Waals surface area contributed by atoms with Crippen molar-refractivity contribution in [2.75, 3.05) is 31.1 Å². The van der Waals surface area contributed by atoms with E-state index in [4.69, 9.17) is 0 Å². The number of imidazole rings is 1. The fourth-order valence-corrected chi connectivity index (χ4v) is 4.74. The second-order valence-electron chi connectivity index (χ2n) is 7.67. The summed E-state index contributed by atoms with van der Waals surface area (Å²) in [5.41, 5.74) is 1.06. The molecular formula is C21H25N5O. The number of anilines is 1. The van der Waals surface area contributed by atoms with Crippen molar-refractivity contribution in [3.8, 4) is 0 Å². The number of hydrogen-bond acceptors (Lipinski definition) is 5. The minimum absolute atomic E-state index is 0.0647. The number of aromatic nitrogens is 3. The van der Waals surface area contributed by atoms with Gasteiger partial charge in [-0.3, -0.25) is 14.3 Å². The zero-order valence-corrected chi connectivity index (χ0v) is 15.4. The zero-order chi connectivity index (χ0) is 18.3. The minimum Gasteiger partial charge on any atom is -0.383 e. The molecule has 0 spiro atoms. The summed E-state index contributed by atoms with van der Waals surface area (Å²) in [7, 11) is 0. The molecule has 6 heteroatoms. The van der Waals surface area contributed by atoms with Crippen LogP contribution in [0.25, 0.3) is 5.65 Å². The number of hydrogen-bond donors (Lipinski definition) is 1. The van der Waals surface area contributed by atoms with Gasteiger partial charge in [0.1, 0.15) is 11.4 Å². The Balaban J connectivity index is 1.52. The van der Waals surface area contributed by atoms with Gasteiger partial charge in [-0.1, -0.05) is 30.3 Å². The first-order chi connectivity index (χ1) is 13.3. The van der Waals surface area contributed by atoms with E-state index >= 15 is 0 Å². The van der Waals surface area contributed by atoms with Gasteiger partial charge >= 0.3 is 0 Å². The smallest absolute Gasteiger partial charge is 0.156 e. The Labute approximate surface area is 159 Å². The van der Waals surface area contributed by atoms with Gasteiger partial charge in [0.05, 0.1) is 18.4 Å². The molecule has 2 aliphatic heterocycles. The van der Waals surface area contributed by atoms with E-state index in [0.717, 1.165) is 43.2 Å². The van der Waals surface area contributed by atoms with E-state index in [9.17, 15) is 5.11 Å². The standard InChI is InChI=1S/C21H25N5O/c27-21(17-6-2-1-3-7-17)8-12-25(16-18(21)24-10-4-5-11-24)20-15-22-14-19-23-9-13-26(19)20/h1-3,6-7,9,13-15,18,27H,4-5,8,10-12,16H2/t18-,21+/m1/s1. The molecule has 6 nitrogen and oxygen atoms in total. The first-order valence-corrected chi connectivity index (χ1v) is 9.80. The maximum atomic E-state index is 11.8. The number of piperidine rings is 1. The molecule has 0 radical (unpaired) electrons. The summed E-state index contributed by atoms with van der Waals surface area (Å²) in [4.78, 5) is 13.6. The molecule has 1 N–H and O–H groups in total. The highest BCUT2D eigenvalue weighted by Gasteiger charge is 2.46. The van der Waals surface area contributed by atoms with Gasteiger partial charge in [-0.2, -0.15) is 0 Å². The maximum Gasteiger partial charge on any atom is 0.156 e. The maximum absolute atomic E-state index is 11.8. The number of likely N-dealkylation sites (tertiary alicyclic amines) is 1. The fraction of sp³-hybridized carbons (Fsp3) is 0.429. The molecule has 0 saturated carbocycles. The number of aliphatic hydroxyl groups is 1. The van der Waals surface area contributed by atoms with E-state index in [1.54, 1.807) is 6.20 Å². The molecule has 2 fully saturated rings. The van der Waals surface area contributed by atoms with E-state index in [0.29, 0.717) is 6.42 Å². The summed E-state index contributed by atoms with van der Waals surface area (Å²) >= 11 is 0. The Morgan fingerprint density at radius 3 is 2.67 bits per heavy atom. The van der Waals surface area contributed by atoms with Crippen LogP contribution in [0.15, 0.2) is 55.1 Å². The van der Waals surface area contributed by atoms with Crippen molar-refractivity contribution in [2.45, 2.75) is 30.9 Å². The molecular weight excluding hydrogens is 338 g/mol. The molecule has 2 saturated heterocycles. The average Bonchev–Trinajstić information content (AvgIpc) is 3.41. The van der Waals surface area contributed by atoms with Crippen molar-refractivity contribution < 1.29 is 5.11 Å². The summed E-state index contributed by atoms with van der Waals surface area (Å²) in [6.07, 6.45) is 10.6. The van der Waals surface area contributed by atoms with Crippen molar-refractivity contribution >= 4 is 11.5 Å². The third-order valence-corrected chi connectivity index (χ3v) is 6.18. The quantitative estimate of drug-likeness (QED) is 0.774. The topological polar surface area (TPSA) is 56.9 Å². The molecule has 0 bridgehead atoms. The summed E-state index contributed by atoms with van der Waals surface area (Å²) in [5.74, 6) is 1.05. The molecule has 2 atom stereocenters. The lowest BCUT2D eigenvalue weighted by atomic mass is 9.79. The predicted octanol–water partition coefficient (Wildman–Crippen LogP) is 2.29. The molecule has 0 unspecified atom stereocenters.